The summed E-state index contributed by atoms with van der Waals surface area (Å²) in [6, 6.07) is -0.214. The van der Waals surface area contributed by atoms with Crippen LogP contribution < -0.4 is 11.1 Å². The van der Waals surface area contributed by atoms with Crippen molar-refractivity contribution in [3.63, 3.8) is 0 Å². The van der Waals surface area contributed by atoms with Crippen LogP contribution in [0, 0.1) is 11.3 Å². The molecule has 3 unspecified atom stereocenters. The number of carbonyl (C=O) groups is 2. The molecule has 3 N–H and O–H groups in total. The Kier molecular flexibility index (Phi) is 3.20. The van der Waals surface area contributed by atoms with Crippen LogP contribution in [0.2, 0.25) is 0 Å². The molecule has 2 aromatic heterocycles. The molecule has 2 fully saturated rings. The first-order chi connectivity index (χ1) is 11.1. The molecule has 2 amide bonds. The standard InChI is InChI=1S/C14H15N5O3S/c15-11(20)8-4-19(13(21)9-3-16-7-23-9)6-14(8)5-18-10(14)12-17-1-2-22-12/h1-3,7-8,10,18H,4-6H2,(H2,15,20). The lowest BCUT2D eigenvalue weighted by Crippen LogP contribution is -2.62. The van der Waals surface area contributed by atoms with Crippen molar-refractivity contribution in [1.29, 1.82) is 0 Å². The summed E-state index contributed by atoms with van der Waals surface area (Å²) in [5.74, 6) is -0.427. The first kappa shape index (κ1) is 14.3. The van der Waals surface area contributed by atoms with Gasteiger partial charge in [0.2, 0.25) is 11.8 Å². The number of primary amides is 1. The fraction of sp³-hybridized carbons (Fsp3) is 0.429. The largest absolute Gasteiger partial charge is 0.447 e. The third-order valence-corrected chi connectivity index (χ3v) is 5.53. The molecule has 8 nitrogen and oxygen atoms in total. The van der Waals surface area contributed by atoms with Gasteiger partial charge in [-0.1, -0.05) is 0 Å². The number of likely N-dealkylation sites (tertiary alicyclic amines) is 1. The monoisotopic (exact) mass is 333 g/mol. The Morgan fingerprint density at radius 2 is 2.39 bits per heavy atom. The summed E-state index contributed by atoms with van der Waals surface area (Å²) in [7, 11) is 0. The predicted molar refractivity (Wildman–Crippen MR) is 80.4 cm³/mol. The molecule has 2 aliphatic heterocycles. The lowest BCUT2D eigenvalue weighted by atomic mass is 9.66. The van der Waals surface area contributed by atoms with Crippen LogP contribution in [0.5, 0.6) is 0 Å². The first-order valence-electron chi connectivity index (χ1n) is 7.22. The number of oxazole rings is 1. The van der Waals surface area contributed by atoms with E-state index in [1.807, 2.05) is 0 Å². The van der Waals surface area contributed by atoms with Crippen LogP contribution in [-0.2, 0) is 4.79 Å². The Morgan fingerprint density at radius 1 is 1.52 bits per heavy atom. The molecule has 9 heteroatoms. The average molecular weight is 333 g/mol. The highest BCUT2D eigenvalue weighted by Gasteiger charge is 2.61. The summed E-state index contributed by atoms with van der Waals surface area (Å²) >= 11 is 1.29. The Balaban J connectivity index is 1.64. The van der Waals surface area contributed by atoms with E-state index in [1.54, 1.807) is 22.8 Å². The molecule has 0 saturated carbocycles. The Morgan fingerprint density at radius 3 is 2.96 bits per heavy atom. The fourth-order valence-corrected chi connectivity index (χ4v) is 4.17. The molecule has 3 atom stereocenters. The number of amides is 2. The molecule has 2 aromatic rings. The van der Waals surface area contributed by atoms with E-state index < -0.39 is 17.2 Å². The van der Waals surface area contributed by atoms with E-state index in [4.69, 9.17) is 10.2 Å². The minimum atomic E-state index is -0.461. The highest BCUT2D eigenvalue weighted by Crippen LogP contribution is 2.51. The van der Waals surface area contributed by atoms with Crippen LogP contribution in [0.25, 0.3) is 0 Å². The van der Waals surface area contributed by atoms with Crippen molar-refractivity contribution in [2.75, 3.05) is 19.6 Å². The van der Waals surface area contributed by atoms with E-state index in [2.05, 4.69) is 15.3 Å². The number of nitrogens with one attached hydrogen (secondary N) is 1. The zero-order valence-electron chi connectivity index (χ0n) is 12.1. The van der Waals surface area contributed by atoms with E-state index in [1.165, 1.54) is 17.6 Å². The van der Waals surface area contributed by atoms with Crippen molar-refractivity contribution in [3.05, 3.63) is 34.9 Å². The van der Waals surface area contributed by atoms with Crippen LogP contribution in [0.1, 0.15) is 21.6 Å². The van der Waals surface area contributed by atoms with Gasteiger partial charge in [-0.05, 0) is 0 Å². The minimum absolute atomic E-state index is 0.117. The SMILES string of the molecule is NC(=O)C1CN(C(=O)c2cncs2)CC12CNC2c1ncco1. The van der Waals surface area contributed by atoms with E-state index in [0.717, 1.165) is 0 Å². The zero-order chi connectivity index (χ0) is 16.0. The second kappa shape index (κ2) is 5.14. The maximum Gasteiger partial charge on any atom is 0.265 e. The second-order valence-electron chi connectivity index (χ2n) is 5.92. The van der Waals surface area contributed by atoms with Crippen molar-refractivity contribution in [1.82, 2.24) is 20.2 Å². The molecule has 2 saturated heterocycles. The van der Waals surface area contributed by atoms with Crippen LogP contribution in [0.4, 0.5) is 0 Å². The molecule has 0 aromatic carbocycles. The van der Waals surface area contributed by atoms with E-state index in [9.17, 15) is 9.59 Å². The summed E-state index contributed by atoms with van der Waals surface area (Å²) in [5, 5.41) is 3.25. The summed E-state index contributed by atoms with van der Waals surface area (Å²) in [6.07, 6.45) is 4.61. The van der Waals surface area contributed by atoms with Crippen LogP contribution in [0.3, 0.4) is 0 Å². The number of hydrogen-bond donors (Lipinski definition) is 2. The molecule has 1 spiro atoms. The number of thiazole rings is 1. The molecule has 120 valence electrons. The van der Waals surface area contributed by atoms with E-state index >= 15 is 0 Å². The maximum absolute atomic E-state index is 12.6. The van der Waals surface area contributed by atoms with Crippen molar-refractivity contribution in [3.8, 4) is 0 Å². The van der Waals surface area contributed by atoms with Gasteiger partial charge in [-0.2, -0.15) is 0 Å². The molecular formula is C14H15N5O3S. The van der Waals surface area contributed by atoms with Gasteiger partial charge in [0, 0.05) is 25.0 Å². The van der Waals surface area contributed by atoms with Gasteiger partial charge in [0.05, 0.1) is 29.9 Å². The average Bonchev–Trinajstić information content (AvgIpc) is 3.25. The van der Waals surface area contributed by atoms with Crippen LogP contribution in [0.15, 0.2) is 28.6 Å². The van der Waals surface area contributed by atoms with Gasteiger partial charge in [-0.25, -0.2) is 4.98 Å². The normalized spacial score (nSPS) is 29.7. The van der Waals surface area contributed by atoms with Crippen molar-refractivity contribution in [2.45, 2.75) is 6.04 Å². The van der Waals surface area contributed by atoms with E-state index in [-0.39, 0.29) is 11.9 Å². The number of rotatable bonds is 3. The molecule has 2 aliphatic rings. The molecule has 4 heterocycles. The third kappa shape index (κ3) is 2.07. The molecule has 23 heavy (non-hydrogen) atoms. The smallest absolute Gasteiger partial charge is 0.265 e. The van der Waals surface area contributed by atoms with Gasteiger partial charge in [0.15, 0.2) is 0 Å². The quantitative estimate of drug-likeness (QED) is 0.818. The zero-order valence-corrected chi connectivity index (χ0v) is 13.0. The van der Waals surface area contributed by atoms with Crippen molar-refractivity contribution < 1.29 is 14.0 Å². The lowest BCUT2D eigenvalue weighted by Gasteiger charge is -2.48. The fourth-order valence-electron chi connectivity index (χ4n) is 3.59. The minimum Gasteiger partial charge on any atom is -0.447 e. The van der Waals surface area contributed by atoms with Gasteiger partial charge in [0.25, 0.3) is 5.91 Å². The lowest BCUT2D eigenvalue weighted by molar-refractivity contribution is -0.127. The molecular weight excluding hydrogens is 318 g/mol. The Bertz CT molecular complexity index is 732. The van der Waals surface area contributed by atoms with Crippen LogP contribution >= 0.6 is 11.3 Å². The number of carbonyl (C=O) groups excluding carboxylic acids is 2. The topological polar surface area (TPSA) is 114 Å². The highest BCUT2D eigenvalue weighted by atomic mass is 32.1. The van der Waals surface area contributed by atoms with Gasteiger partial charge in [0.1, 0.15) is 11.1 Å². The van der Waals surface area contributed by atoms with Gasteiger partial charge in [-0.15, -0.1) is 11.3 Å². The number of aromatic nitrogens is 2. The number of hydrogen-bond acceptors (Lipinski definition) is 7. The third-order valence-electron chi connectivity index (χ3n) is 4.76. The number of nitrogens with zero attached hydrogens (tertiary/aromatic N) is 3. The van der Waals surface area contributed by atoms with Gasteiger partial charge in [-0.3, -0.25) is 14.6 Å². The summed E-state index contributed by atoms with van der Waals surface area (Å²) in [6.45, 7) is 1.35. The van der Waals surface area contributed by atoms with Crippen molar-refractivity contribution >= 4 is 23.2 Å². The number of nitrogens with two attached hydrogens (primary N) is 1. The van der Waals surface area contributed by atoms with Gasteiger partial charge >= 0.3 is 0 Å². The Labute approximate surface area is 135 Å². The molecule has 0 bridgehead atoms. The van der Waals surface area contributed by atoms with Crippen LogP contribution in [-0.4, -0.2) is 46.3 Å². The summed E-state index contributed by atoms with van der Waals surface area (Å²) in [4.78, 5) is 34.9. The second-order valence-corrected chi connectivity index (χ2v) is 6.81. The highest BCUT2D eigenvalue weighted by molar-refractivity contribution is 7.11. The molecule has 4 rings (SSSR count). The Hall–Kier alpha value is -2.26. The summed E-state index contributed by atoms with van der Waals surface area (Å²) in [5.41, 5.74) is 6.77. The predicted octanol–water partition coefficient (Wildman–Crippen LogP) is 0.0193. The van der Waals surface area contributed by atoms with Gasteiger partial charge < -0.3 is 20.4 Å². The van der Waals surface area contributed by atoms with Crippen molar-refractivity contribution in [2.24, 2.45) is 17.1 Å². The molecule has 0 aliphatic carbocycles. The van der Waals surface area contributed by atoms with E-state index in [0.29, 0.717) is 30.4 Å². The maximum atomic E-state index is 12.6. The molecule has 0 radical (unpaired) electrons. The summed E-state index contributed by atoms with van der Waals surface area (Å²) < 4.78 is 5.38. The first-order valence-corrected chi connectivity index (χ1v) is 8.09.